The summed E-state index contributed by atoms with van der Waals surface area (Å²) in [5.41, 5.74) is 1.65. The number of carbonyl (C=O) groups excluding carboxylic acids is 1. The molecule has 29 heavy (non-hydrogen) atoms. The van der Waals surface area contributed by atoms with E-state index in [1.807, 2.05) is 51.9 Å². The van der Waals surface area contributed by atoms with Gasteiger partial charge in [-0.15, -0.1) is 11.8 Å². The molecule has 1 N–H and O–H groups in total. The van der Waals surface area contributed by atoms with E-state index in [4.69, 9.17) is 0 Å². The van der Waals surface area contributed by atoms with Crippen LogP contribution in [0, 0.1) is 5.92 Å². The van der Waals surface area contributed by atoms with Crippen LogP contribution in [0.1, 0.15) is 18.0 Å². The van der Waals surface area contributed by atoms with Gasteiger partial charge in [0.15, 0.2) is 0 Å². The van der Waals surface area contributed by atoms with E-state index in [9.17, 15) is 9.59 Å². The van der Waals surface area contributed by atoms with Gasteiger partial charge in [-0.1, -0.05) is 18.2 Å². The molecule has 0 aliphatic carbocycles. The number of H-pyrrole nitrogens is 1. The number of fused-ring (bicyclic) bond motifs is 4. The largest absolute Gasteiger partial charge is 0.344 e. The van der Waals surface area contributed by atoms with Crippen LogP contribution in [0.15, 0.2) is 64.5 Å². The Bertz CT molecular complexity index is 1080. The predicted octanol–water partition coefficient (Wildman–Crippen LogP) is 2.98. The van der Waals surface area contributed by atoms with Crippen LogP contribution in [0.4, 0.5) is 0 Å². The first-order valence-electron chi connectivity index (χ1n) is 9.88. The molecule has 1 amide bonds. The molecule has 0 radical (unpaired) electrons. The SMILES string of the molecule is O=C(CSc1ccccc1)N1C[C@@H]2C[C@H](C1)c1ccc(-c3ncc[nH]3)c(=O)n1C2. The van der Waals surface area contributed by atoms with Gasteiger partial charge in [-0.2, -0.15) is 0 Å². The highest BCUT2D eigenvalue weighted by Crippen LogP contribution is 2.36. The van der Waals surface area contributed by atoms with Crippen LogP contribution in [-0.4, -0.2) is 44.2 Å². The third-order valence-corrected chi connectivity index (χ3v) is 6.81. The number of carbonyl (C=O) groups is 1. The summed E-state index contributed by atoms with van der Waals surface area (Å²) < 4.78 is 1.90. The zero-order chi connectivity index (χ0) is 19.8. The van der Waals surface area contributed by atoms with Gasteiger partial charge in [0, 0.05) is 48.5 Å². The lowest BCUT2D eigenvalue weighted by Crippen LogP contribution is -2.49. The summed E-state index contributed by atoms with van der Waals surface area (Å²) in [6.07, 6.45) is 4.42. The molecule has 0 spiro atoms. The summed E-state index contributed by atoms with van der Waals surface area (Å²) in [5, 5.41) is 0. The smallest absolute Gasteiger partial charge is 0.261 e. The summed E-state index contributed by atoms with van der Waals surface area (Å²) in [7, 11) is 0. The average molecular weight is 407 g/mol. The number of amides is 1. The molecule has 1 aromatic carbocycles. The minimum Gasteiger partial charge on any atom is -0.344 e. The summed E-state index contributed by atoms with van der Waals surface area (Å²) in [5.74, 6) is 1.77. The molecule has 7 heteroatoms. The maximum Gasteiger partial charge on any atom is 0.261 e. The number of rotatable bonds is 4. The highest BCUT2D eigenvalue weighted by molar-refractivity contribution is 8.00. The molecule has 2 aliphatic rings. The van der Waals surface area contributed by atoms with E-state index in [2.05, 4.69) is 9.97 Å². The first-order chi connectivity index (χ1) is 14.2. The van der Waals surface area contributed by atoms with Gasteiger partial charge in [-0.05, 0) is 36.6 Å². The van der Waals surface area contributed by atoms with Gasteiger partial charge >= 0.3 is 0 Å². The zero-order valence-corrected chi connectivity index (χ0v) is 16.8. The van der Waals surface area contributed by atoms with Crippen molar-refractivity contribution in [3.05, 3.63) is 70.9 Å². The molecule has 6 nitrogen and oxygen atoms in total. The Hall–Kier alpha value is -2.80. The number of piperidine rings is 1. The van der Waals surface area contributed by atoms with Crippen LogP contribution in [0.5, 0.6) is 0 Å². The van der Waals surface area contributed by atoms with Crippen molar-refractivity contribution in [1.82, 2.24) is 19.4 Å². The minimum absolute atomic E-state index is 0.00607. The van der Waals surface area contributed by atoms with Crippen LogP contribution in [0.3, 0.4) is 0 Å². The van der Waals surface area contributed by atoms with Crippen molar-refractivity contribution in [2.45, 2.75) is 23.8 Å². The maximum atomic E-state index is 13.0. The van der Waals surface area contributed by atoms with E-state index in [1.165, 1.54) is 0 Å². The van der Waals surface area contributed by atoms with Gasteiger partial charge < -0.3 is 14.5 Å². The van der Waals surface area contributed by atoms with Crippen LogP contribution in [0.25, 0.3) is 11.4 Å². The molecular formula is C22H22N4O2S. The number of nitrogens with zero attached hydrogens (tertiary/aromatic N) is 3. The number of likely N-dealkylation sites (tertiary alicyclic amines) is 1. The van der Waals surface area contributed by atoms with E-state index in [0.717, 1.165) is 23.6 Å². The fourth-order valence-corrected chi connectivity index (χ4v) is 5.32. The Morgan fingerprint density at radius 1 is 1.14 bits per heavy atom. The third kappa shape index (κ3) is 3.51. The molecule has 2 atom stereocenters. The minimum atomic E-state index is 0.00607. The van der Waals surface area contributed by atoms with Gasteiger partial charge in [0.2, 0.25) is 5.91 Å². The monoisotopic (exact) mass is 406 g/mol. The highest BCUT2D eigenvalue weighted by Gasteiger charge is 2.36. The molecule has 1 saturated heterocycles. The molecule has 148 valence electrons. The van der Waals surface area contributed by atoms with Gasteiger partial charge in [-0.25, -0.2) is 4.98 Å². The second-order valence-electron chi connectivity index (χ2n) is 7.72. The lowest BCUT2D eigenvalue weighted by Gasteiger charge is -2.43. The van der Waals surface area contributed by atoms with E-state index in [1.54, 1.807) is 24.2 Å². The first kappa shape index (κ1) is 18.2. The number of hydrogen-bond donors (Lipinski definition) is 1. The Labute approximate surface area is 173 Å². The Balaban J connectivity index is 1.34. The van der Waals surface area contributed by atoms with Crippen molar-refractivity contribution in [3.8, 4) is 11.4 Å². The van der Waals surface area contributed by atoms with Crippen molar-refractivity contribution >= 4 is 17.7 Å². The van der Waals surface area contributed by atoms with Crippen molar-refractivity contribution in [2.75, 3.05) is 18.8 Å². The van der Waals surface area contributed by atoms with Gasteiger partial charge in [0.25, 0.3) is 5.56 Å². The van der Waals surface area contributed by atoms with Crippen LogP contribution in [0.2, 0.25) is 0 Å². The lowest BCUT2D eigenvalue weighted by atomic mass is 9.83. The maximum absolute atomic E-state index is 13.0. The Kier molecular flexibility index (Phi) is 4.75. The normalized spacial score (nSPS) is 20.3. The number of thioether (sulfide) groups is 1. The van der Waals surface area contributed by atoms with Gasteiger partial charge in [-0.3, -0.25) is 9.59 Å². The standard InChI is InChI=1S/C22H22N4O2S/c27-20(14-29-17-4-2-1-3-5-17)25-11-15-10-16(13-25)19-7-6-18(21-23-8-9-24-21)22(28)26(19)12-15/h1-9,15-16H,10-14H2,(H,23,24)/t15-,16+/m0/s1. The molecule has 2 bridgehead atoms. The quantitative estimate of drug-likeness (QED) is 0.676. The summed E-state index contributed by atoms with van der Waals surface area (Å²) in [6.45, 7) is 2.07. The van der Waals surface area contributed by atoms with Crippen molar-refractivity contribution in [3.63, 3.8) is 0 Å². The molecule has 0 saturated carbocycles. The van der Waals surface area contributed by atoms with Crippen molar-refractivity contribution in [1.29, 1.82) is 0 Å². The summed E-state index contributed by atoms with van der Waals surface area (Å²) >= 11 is 1.58. The fourth-order valence-electron chi connectivity index (χ4n) is 4.50. The molecule has 2 aliphatic heterocycles. The van der Waals surface area contributed by atoms with Crippen LogP contribution >= 0.6 is 11.8 Å². The Morgan fingerprint density at radius 2 is 2.00 bits per heavy atom. The van der Waals surface area contributed by atoms with E-state index >= 15 is 0 Å². The summed E-state index contributed by atoms with van der Waals surface area (Å²) in [4.78, 5) is 36.2. The van der Waals surface area contributed by atoms with Gasteiger partial charge in [0.1, 0.15) is 5.82 Å². The number of imidazole rings is 1. The first-order valence-corrected chi connectivity index (χ1v) is 10.9. The van der Waals surface area contributed by atoms with Crippen molar-refractivity contribution in [2.24, 2.45) is 5.92 Å². The lowest BCUT2D eigenvalue weighted by molar-refractivity contribution is -0.131. The van der Waals surface area contributed by atoms with Gasteiger partial charge in [0.05, 0.1) is 11.3 Å². The zero-order valence-electron chi connectivity index (χ0n) is 16.0. The molecule has 3 aromatic rings. The second kappa shape index (κ2) is 7.55. The highest BCUT2D eigenvalue weighted by atomic mass is 32.2. The molecule has 2 aromatic heterocycles. The molecule has 1 fully saturated rings. The number of aromatic nitrogens is 3. The molecular weight excluding hydrogens is 384 g/mol. The number of hydrogen-bond acceptors (Lipinski definition) is 4. The molecule has 5 rings (SSSR count). The summed E-state index contributed by atoms with van der Waals surface area (Å²) in [6, 6.07) is 13.9. The van der Waals surface area contributed by atoms with E-state index < -0.39 is 0 Å². The van der Waals surface area contributed by atoms with E-state index in [-0.39, 0.29) is 17.4 Å². The Morgan fingerprint density at radius 3 is 2.79 bits per heavy atom. The predicted molar refractivity (Wildman–Crippen MR) is 113 cm³/mol. The second-order valence-corrected chi connectivity index (χ2v) is 8.77. The number of aromatic amines is 1. The average Bonchev–Trinajstić information content (AvgIpc) is 3.28. The topological polar surface area (TPSA) is 71.0 Å². The third-order valence-electron chi connectivity index (χ3n) is 5.82. The van der Waals surface area contributed by atoms with Crippen molar-refractivity contribution < 1.29 is 4.79 Å². The molecule has 4 heterocycles. The number of pyridine rings is 1. The molecule has 0 unspecified atom stereocenters. The van der Waals surface area contributed by atoms with Crippen LogP contribution in [-0.2, 0) is 11.3 Å². The number of nitrogens with one attached hydrogen (secondary N) is 1. The fraction of sp³-hybridized carbons (Fsp3) is 0.318. The van der Waals surface area contributed by atoms with Crippen LogP contribution < -0.4 is 5.56 Å². The van der Waals surface area contributed by atoms with E-state index in [0.29, 0.717) is 36.1 Å². The number of benzene rings is 1.